The zero-order valence-electron chi connectivity index (χ0n) is 13.9. The van der Waals surface area contributed by atoms with Gasteiger partial charge >= 0.3 is 0 Å². The van der Waals surface area contributed by atoms with Crippen molar-refractivity contribution in [2.45, 2.75) is 47.5 Å². The molecule has 5 heteroatoms. The highest BCUT2D eigenvalue weighted by Gasteiger charge is 2.22. The lowest BCUT2D eigenvalue weighted by atomic mass is 9.80. The molecule has 0 aliphatic heterocycles. The van der Waals surface area contributed by atoms with Gasteiger partial charge in [0.25, 0.3) is 5.56 Å². The Morgan fingerprint density at radius 1 is 1.33 bits per heavy atom. The van der Waals surface area contributed by atoms with Gasteiger partial charge in [-0.1, -0.05) is 27.7 Å². The first kappa shape index (κ1) is 19.7. The summed E-state index contributed by atoms with van der Waals surface area (Å²) in [5, 5.41) is 17.5. The van der Waals surface area contributed by atoms with Crippen LogP contribution in [-0.4, -0.2) is 28.2 Å². The number of rotatable bonds is 5. The first-order chi connectivity index (χ1) is 9.62. The molecule has 1 heterocycles. The number of aliphatic hydroxyl groups is 1. The van der Waals surface area contributed by atoms with Gasteiger partial charge in [0.05, 0.1) is 12.3 Å². The van der Waals surface area contributed by atoms with Crippen molar-refractivity contribution in [2.24, 2.45) is 17.1 Å². The molecule has 0 saturated heterocycles. The van der Waals surface area contributed by atoms with E-state index in [-0.39, 0.29) is 17.6 Å². The maximum atomic E-state index is 11.5. The van der Waals surface area contributed by atoms with Crippen molar-refractivity contribution < 1.29 is 10.3 Å². The van der Waals surface area contributed by atoms with E-state index in [1.165, 1.54) is 6.07 Å². The van der Waals surface area contributed by atoms with Crippen LogP contribution < -0.4 is 11.3 Å². The summed E-state index contributed by atoms with van der Waals surface area (Å²) < 4.78 is 0.773. The van der Waals surface area contributed by atoms with E-state index >= 15 is 0 Å². The van der Waals surface area contributed by atoms with Crippen LogP contribution in [0, 0.1) is 18.3 Å². The first-order valence-electron chi connectivity index (χ1n) is 7.35. The number of hydrogen-bond donors (Lipinski definition) is 3. The van der Waals surface area contributed by atoms with Gasteiger partial charge in [0, 0.05) is 12.6 Å². The third kappa shape index (κ3) is 7.87. The molecule has 122 valence electrons. The van der Waals surface area contributed by atoms with Crippen LogP contribution in [0.5, 0.6) is 0 Å². The Labute approximate surface area is 127 Å². The Morgan fingerprint density at radius 3 is 2.29 bits per heavy atom. The van der Waals surface area contributed by atoms with Gasteiger partial charge in [0.1, 0.15) is 0 Å². The molecule has 1 aromatic rings. The Morgan fingerprint density at radius 2 is 1.86 bits per heavy atom. The molecule has 0 aliphatic rings. The summed E-state index contributed by atoms with van der Waals surface area (Å²) in [6, 6.07) is 3.32. The first-order valence-corrected chi connectivity index (χ1v) is 7.35. The van der Waals surface area contributed by atoms with E-state index in [0.29, 0.717) is 24.6 Å². The molecule has 0 unspecified atom stereocenters. The second kappa shape index (κ2) is 8.85. The molecule has 0 bridgehead atoms. The van der Waals surface area contributed by atoms with Crippen molar-refractivity contribution in [3.63, 3.8) is 0 Å². The quantitative estimate of drug-likeness (QED) is 0.725. The zero-order chi connectivity index (χ0) is 16.6. The monoisotopic (exact) mass is 298 g/mol. The smallest absolute Gasteiger partial charge is 0.283 e. The molecule has 0 aromatic carbocycles. The van der Waals surface area contributed by atoms with Crippen LogP contribution in [0.15, 0.2) is 16.9 Å². The van der Waals surface area contributed by atoms with Gasteiger partial charge in [-0.25, -0.2) is 0 Å². The molecule has 0 radical (unpaired) electrons. The average Bonchev–Trinajstić information content (AvgIpc) is 2.33. The molecule has 0 fully saturated rings. The topological polar surface area (TPSA) is 88.5 Å². The van der Waals surface area contributed by atoms with Gasteiger partial charge in [-0.2, -0.15) is 4.73 Å². The van der Waals surface area contributed by atoms with Crippen molar-refractivity contribution in [3.05, 3.63) is 33.7 Å². The number of aliphatic hydroxyl groups excluding tert-OH is 1. The van der Waals surface area contributed by atoms with E-state index in [2.05, 4.69) is 27.7 Å². The van der Waals surface area contributed by atoms with Crippen molar-refractivity contribution in [2.75, 3.05) is 13.2 Å². The third-order valence-electron chi connectivity index (χ3n) is 2.98. The number of nitrogens with two attached hydrogens (primary N) is 1. The molecular formula is C16H30N2O3. The summed E-state index contributed by atoms with van der Waals surface area (Å²) in [6.45, 7) is 11.0. The Balaban J connectivity index is 0.000000885. The molecule has 0 atom stereocenters. The molecule has 1 rings (SSSR count). The lowest BCUT2D eigenvalue weighted by Gasteiger charge is -2.27. The second-order valence-corrected chi connectivity index (χ2v) is 6.63. The van der Waals surface area contributed by atoms with Gasteiger partial charge in [-0.05, 0) is 42.7 Å². The van der Waals surface area contributed by atoms with Crippen molar-refractivity contribution in [1.82, 2.24) is 4.73 Å². The van der Waals surface area contributed by atoms with Gasteiger partial charge in [0.15, 0.2) is 0 Å². The second-order valence-electron chi connectivity index (χ2n) is 6.63. The van der Waals surface area contributed by atoms with Gasteiger partial charge in [-0.15, -0.1) is 0 Å². The molecule has 0 amide bonds. The third-order valence-corrected chi connectivity index (χ3v) is 2.98. The van der Waals surface area contributed by atoms with Crippen LogP contribution in [0.4, 0.5) is 0 Å². The summed E-state index contributed by atoms with van der Waals surface area (Å²) in [7, 11) is 0. The summed E-state index contributed by atoms with van der Waals surface area (Å²) in [6.07, 6.45) is 1.77. The lowest BCUT2D eigenvalue weighted by molar-refractivity contribution is 0.153. The minimum atomic E-state index is -0.347. The SMILES string of the molecule is Cc1cc(CC(C)(C)CC(C)C)n(O)c(=O)c1.NCCO. The summed E-state index contributed by atoms with van der Waals surface area (Å²) in [5.74, 6) is 0.605. The highest BCUT2D eigenvalue weighted by molar-refractivity contribution is 5.16. The van der Waals surface area contributed by atoms with Crippen LogP contribution in [0.2, 0.25) is 0 Å². The predicted molar refractivity (Wildman–Crippen MR) is 85.7 cm³/mol. The number of aryl methyl sites for hydroxylation is 1. The van der Waals surface area contributed by atoms with Crippen molar-refractivity contribution >= 4 is 0 Å². The number of hydrogen-bond acceptors (Lipinski definition) is 4. The Bertz CT molecular complexity index is 477. The Hall–Kier alpha value is -1.33. The van der Waals surface area contributed by atoms with Crippen LogP contribution in [0.25, 0.3) is 0 Å². The number of aromatic nitrogens is 1. The molecule has 0 spiro atoms. The van der Waals surface area contributed by atoms with Crippen molar-refractivity contribution in [3.8, 4) is 0 Å². The van der Waals surface area contributed by atoms with Crippen LogP contribution >= 0.6 is 0 Å². The highest BCUT2D eigenvalue weighted by atomic mass is 16.5. The van der Waals surface area contributed by atoms with E-state index in [9.17, 15) is 10.0 Å². The molecule has 0 aliphatic carbocycles. The molecule has 21 heavy (non-hydrogen) atoms. The summed E-state index contributed by atoms with van der Waals surface area (Å²) >= 11 is 0. The fourth-order valence-electron chi connectivity index (χ4n) is 2.56. The number of pyridine rings is 1. The number of nitrogens with zero attached hydrogens (tertiary/aromatic N) is 1. The maximum Gasteiger partial charge on any atom is 0.283 e. The minimum Gasteiger partial charge on any atom is -0.425 e. The normalized spacial score (nSPS) is 11.2. The van der Waals surface area contributed by atoms with Crippen LogP contribution in [0.1, 0.15) is 45.4 Å². The van der Waals surface area contributed by atoms with Gasteiger partial charge in [-0.3, -0.25) is 4.79 Å². The van der Waals surface area contributed by atoms with E-state index in [1.807, 2.05) is 13.0 Å². The minimum absolute atomic E-state index is 0.0822. The van der Waals surface area contributed by atoms with E-state index < -0.39 is 0 Å². The van der Waals surface area contributed by atoms with E-state index in [4.69, 9.17) is 10.8 Å². The molecule has 0 saturated carbocycles. The zero-order valence-corrected chi connectivity index (χ0v) is 13.9. The standard InChI is InChI=1S/C14H23NO2.C2H7NO/c1-10(2)8-14(4,5)9-12-6-11(3)7-13(16)15(12)17;3-1-2-4/h6-7,10,17H,8-9H2,1-5H3;4H,1-3H2. The van der Waals surface area contributed by atoms with Crippen LogP contribution in [0.3, 0.4) is 0 Å². The Kier molecular flexibility index (Phi) is 8.29. The molecule has 4 N–H and O–H groups in total. The highest BCUT2D eigenvalue weighted by Crippen LogP contribution is 2.29. The van der Waals surface area contributed by atoms with Gasteiger partial charge < -0.3 is 16.0 Å². The van der Waals surface area contributed by atoms with Gasteiger partial charge in [0.2, 0.25) is 0 Å². The fourth-order valence-corrected chi connectivity index (χ4v) is 2.56. The largest absolute Gasteiger partial charge is 0.425 e. The summed E-state index contributed by atoms with van der Waals surface area (Å²) in [5.41, 5.74) is 6.11. The lowest BCUT2D eigenvalue weighted by Crippen LogP contribution is -2.26. The van der Waals surface area contributed by atoms with Crippen LogP contribution in [-0.2, 0) is 6.42 Å². The summed E-state index contributed by atoms with van der Waals surface area (Å²) in [4.78, 5) is 11.5. The molecule has 1 aromatic heterocycles. The molecular weight excluding hydrogens is 268 g/mol. The van der Waals surface area contributed by atoms with Crippen molar-refractivity contribution in [1.29, 1.82) is 0 Å². The predicted octanol–water partition coefficient (Wildman–Crippen LogP) is 1.95. The molecule has 5 nitrogen and oxygen atoms in total. The maximum absolute atomic E-state index is 11.5. The fraction of sp³-hybridized carbons (Fsp3) is 0.688. The average molecular weight is 298 g/mol. The van der Waals surface area contributed by atoms with E-state index in [1.54, 1.807) is 0 Å². The van der Waals surface area contributed by atoms with E-state index in [0.717, 1.165) is 16.7 Å².